The quantitative estimate of drug-likeness (QED) is 0.771. The summed E-state index contributed by atoms with van der Waals surface area (Å²) in [5.41, 5.74) is 0. The van der Waals surface area contributed by atoms with E-state index in [2.05, 4.69) is 22.5 Å². The van der Waals surface area contributed by atoms with E-state index in [-0.39, 0.29) is 5.91 Å². The second-order valence-electron chi connectivity index (χ2n) is 5.63. The van der Waals surface area contributed by atoms with Crippen molar-refractivity contribution in [2.75, 3.05) is 20.1 Å². The predicted molar refractivity (Wildman–Crippen MR) is 73.5 cm³/mol. The summed E-state index contributed by atoms with van der Waals surface area (Å²) in [4.78, 5) is 14.0. The monoisotopic (exact) mass is 253 g/mol. The van der Waals surface area contributed by atoms with E-state index < -0.39 is 0 Å². The normalized spacial score (nSPS) is 32.2. The van der Waals surface area contributed by atoms with Gasteiger partial charge in [0.25, 0.3) is 0 Å². The maximum absolute atomic E-state index is 11.4. The third kappa shape index (κ3) is 3.23. The SMILES string of the molecule is CCNC1CC2CCCC(C1)N2CCC(=O)NC. The Bertz CT molecular complexity index is 268. The van der Waals surface area contributed by atoms with Crippen molar-refractivity contribution in [2.45, 2.75) is 63.6 Å². The Morgan fingerprint density at radius 1 is 1.28 bits per heavy atom. The van der Waals surface area contributed by atoms with Crippen molar-refractivity contribution < 1.29 is 4.79 Å². The summed E-state index contributed by atoms with van der Waals surface area (Å²) in [5.74, 6) is 0.168. The summed E-state index contributed by atoms with van der Waals surface area (Å²) in [6, 6.07) is 2.10. The van der Waals surface area contributed by atoms with Crippen LogP contribution < -0.4 is 10.6 Å². The molecule has 2 heterocycles. The highest BCUT2D eigenvalue weighted by Gasteiger charge is 2.37. The molecule has 2 aliphatic rings. The Balaban J connectivity index is 1.89. The second kappa shape index (κ2) is 6.53. The van der Waals surface area contributed by atoms with Crippen LogP contribution in [0.3, 0.4) is 0 Å². The van der Waals surface area contributed by atoms with Gasteiger partial charge in [0.2, 0.25) is 5.91 Å². The first kappa shape index (κ1) is 13.8. The van der Waals surface area contributed by atoms with Gasteiger partial charge in [-0.2, -0.15) is 0 Å². The molecule has 0 radical (unpaired) electrons. The summed E-state index contributed by atoms with van der Waals surface area (Å²) in [5, 5.41) is 6.33. The van der Waals surface area contributed by atoms with Crippen LogP contribution in [0, 0.1) is 0 Å². The van der Waals surface area contributed by atoms with Crippen LogP contribution in [0.2, 0.25) is 0 Å². The lowest BCUT2D eigenvalue weighted by Gasteiger charge is -2.49. The first-order valence-electron chi connectivity index (χ1n) is 7.44. The zero-order valence-electron chi connectivity index (χ0n) is 11.7. The van der Waals surface area contributed by atoms with E-state index in [1.807, 2.05) is 0 Å². The molecule has 0 aromatic heterocycles. The molecule has 0 saturated carbocycles. The number of hydrogen-bond donors (Lipinski definition) is 2. The van der Waals surface area contributed by atoms with Gasteiger partial charge in [-0.1, -0.05) is 13.3 Å². The van der Waals surface area contributed by atoms with Crippen LogP contribution in [0.4, 0.5) is 0 Å². The highest BCUT2D eigenvalue weighted by Crippen LogP contribution is 2.33. The van der Waals surface area contributed by atoms with Crippen LogP contribution in [0.1, 0.15) is 45.4 Å². The van der Waals surface area contributed by atoms with Crippen LogP contribution in [-0.4, -0.2) is 49.1 Å². The standard InChI is InChI=1S/C14H27N3O/c1-3-16-11-9-12-5-4-6-13(10-11)17(12)8-7-14(18)15-2/h11-13,16H,3-10H2,1-2H3,(H,15,18). The number of rotatable bonds is 5. The van der Waals surface area contributed by atoms with Crippen LogP contribution in [0.15, 0.2) is 0 Å². The molecule has 4 heteroatoms. The molecule has 2 atom stereocenters. The van der Waals surface area contributed by atoms with E-state index in [1.165, 1.54) is 32.1 Å². The smallest absolute Gasteiger partial charge is 0.221 e. The van der Waals surface area contributed by atoms with E-state index in [0.717, 1.165) is 13.1 Å². The van der Waals surface area contributed by atoms with Gasteiger partial charge in [-0.15, -0.1) is 0 Å². The fourth-order valence-electron chi connectivity index (χ4n) is 3.65. The summed E-state index contributed by atoms with van der Waals surface area (Å²) in [7, 11) is 1.72. The lowest BCUT2D eigenvalue weighted by molar-refractivity contribution is -0.121. The average Bonchev–Trinajstić information content (AvgIpc) is 2.36. The molecule has 0 spiro atoms. The summed E-state index contributed by atoms with van der Waals surface area (Å²) in [6.07, 6.45) is 7.16. The minimum Gasteiger partial charge on any atom is -0.359 e. The largest absolute Gasteiger partial charge is 0.359 e. The summed E-state index contributed by atoms with van der Waals surface area (Å²) >= 11 is 0. The molecule has 0 aliphatic carbocycles. The van der Waals surface area contributed by atoms with Crippen molar-refractivity contribution in [3.63, 3.8) is 0 Å². The minimum atomic E-state index is 0.168. The third-order valence-electron chi connectivity index (χ3n) is 4.49. The Labute approximate surface area is 110 Å². The summed E-state index contributed by atoms with van der Waals surface area (Å²) < 4.78 is 0. The topological polar surface area (TPSA) is 44.4 Å². The highest BCUT2D eigenvalue weighted by molar-refractivity contribution is 5.75. The molecule has 2 N–H and O–H groups in total. The second-order valence-corrected chi connectivity index (χ2v) is 5.63. The molecule has 0 aromatic rings. The van der Waals surface area contributed by atoms with Gasteiger partial charge in [0, 0.05) is 38.1 Å². The molecule has 2 saturated heterocycles. The highest BCUT2D eigenvalue weighted by atomic mass is 16.1. The molecule has 2 rings (SSSR count). The van der Waals surface area contributed by atoms with Crippen LogP contribution in [0.5, 0.6) is 0 Å². The summed E-state index contributed by atoms with van der Waals surface area (Å²) in [6.45, 7) is 4.20. The third-order valence-corrected chi connectivity index (χ3v) is 4.49. The average molecular weight is 253 g/mol. The van der Waals surface area contributed by atoms with E-state index in [4.69, 9.17) is 0 Å². The fourth-order valence-corrected chi connectivity index (χ4v) is 3.65. The minimum absolute atomic E-state index is 0.168. The number of nitrogens with zero attached hydrogens (tertiary/aromatic N) is 1. The van der Waals surface area contributed by atoms with E-state index in [1.54, 1.807) is 7.05 Å². The van der Waals surface area contributed by atoms with Gasteiger partial charge in [-0.25, -0.2) is 0 Å². The Kier molecular flexibility index (Phi) is 5.01. The molecule has 2 unspecified atom stereocenters. The van der Waals surface area contributed by atoms with Crippen LogP contribution >= 0.6 is 0 Å². The molecule has 2 aliphatic heterocycles. The van der Waals surface area contributed by atoms with Gasteiger partial charge in [-0.3, -0.25) is 9.69 Å². The number of nitrogens with one attached hydrogen (secondary N) is 2. The Morgan fingerprint density at radius 3 is 2.50 bits per heavy atom. The Hall–Kier alpha value is -0.610. The number of hydrogen-bond acceptors (Lipinski definition) is 3. The van der Waals surface area contributed by atoms with Crippen LogP contribution in [-0.2, 0) is 4.79 Å². The number of piperidine rings is 2. The molecule has 2 fully saturated rings. The van der Waals surface area contributed by atoms with Crippen molar-refractivity contribution in [3.05, 3.63) is 0 Å². The molecule has 1 amide bonds. The van der Waals surface area contributed by atoms with Crippen molar-refractivity contribution in [1.82, 2.24) is 15.5 Å². The van der Waals surface area contributed by atoms with Gasteiger partial charge in [-0.05, 0) is 32.2 Å². The lowest BCUT2D eigenvalue weighted by Crippen LogP contribution is -2.56. The van der Waals surface area contributed by atoms with Gasteiger partial charge < -0.3 is 10.6 Å². The van der Waals surface area contributed by atoms with E-state index in [0.29, 0.717) is 24.5 Å². The van der Waals surface area contributed by atoms with Crippen molar-refractivity contribution in [1.29, 1.82) is 0 Å². The maximum Gasteiger partial charge on any atom is 0.221 e. The predicted octanol–water partition coefficient (Wildman–Crippen LogP) is 1.12. The van der Waals surface area contributed by atoms with E-state index in [9.17, 15) is 4.79 Å². The molecule has 104 valence electrons. The van der Waals surface area contributed by atoms with Gasteiger partial charge in [0.05, 0.1) is 0 Å². The van der Waals surface area contributed by atoms with Crippen LogP contribution in [0.25, 0.3) is 0 Å². The molecular weight excluding hydrogens is 226 g/mol. The lowest BCUT2D eigenvalue weighted by atomic mass is 9.81. The molecular formula is C14H27N3O. The van der Waals surface area contributed by atoms with Gasteiger partial charge >= 0.3 is 0 Å². The van der Waals surface area contributed by atoms with Gasteiger partial charge in [0.1, 0.15) is 0 Å². The number of fused-ring (bicyclic) bond motifs is 2. The number of carbonyl (C=O) groups excluding carboxylic acids is 1. The number of amides is 1. The van der Waals surface area contributed by atoms with Crippen molar-refractivity contribution in [2.24, 2.45) is 0 Å². The zero-order chi connectivity index (χ0) is 13.0. The fraction of sp³-hybridized carbons (Fsp3) is 0.929. The molecule has 2 bridgehead atoms. The molecule has 18 heavy (non-hydrogen) atoms. The maximum atomic E-state index is 11.4. The van der Waals surface area contributed by atoms with E-state index >= 15 is 0 Å². The van der Waals surface area contributed by atoms with Crippen molar-refractivity contribution in [3.8, 4) is 0 Å². The van der Waals surface area contributed by atoms with Crippen molar-refractivity contribution >= 4 is 5.91 Å². The number of carbonyl (C=O) groups is 1. The first-order valence-corrected chi connectivity index (χ1v) is 7.44. The first-order chi connectivity index (χ1) is 8.74. The Morgan fingerprint density at radius 2 is 1.94 bits per heavy atom. The van der Waals surface area contributed by atoms with Gasteiger partial charge in [0.15, 0.2) is 0 Å². The zero-order valence-corrected chi connectivity index (χ0v) is 11.7. The molecule has 4 nitrogen and oxygen atoms in total. The molecule has 0 aromatic carbocycles.